The van der Waals surface area contributed by atoms with Gasteiger partial charge in [-0.05, 0) is 24.3 Å². The molecule has 6 nitrogen and oxygen atoms in total. The number of aliphatic hydroxyl groups is 1. The van der Waals surface area contributed by atoms with E-state index in [0.29, 0.717) is 25.4 Å². The second-order valence-electron chi connectivity index (χ2n) is 6.56. The average molecular weight is 370 g/mol. The molecule has 0 saturated carbocycles. The number of carbonyl (C=O) groups excluding carboxylic acids is 1. The molecule has 2 aromatic rings. The van der Waals surface area contributed by atoms with Gasteiger partial charge in [-0.25, -0.2) is 0 Å². The largest absolute Gasteiger partial charge is 0.491 e. The molecule has 1 saturated heterocycles. The molecule has 3 rings (SSSR count). The molecule has 1 fully saturated rings. The Balaban J connectivity index is 1.34. The van der Waals surface area contributed by atoms with Crippen molar-refractivity contribution < 1.29 is 19.4 Å². The van der Waals surface area contributed by atoms with Crippen LogP contribution in [0.3, 0.4) is 0 Å². The van der Waals surface area contributed by atoms with Gasteiger partial charge in [-0.15, -0.1) is 0 Å². The van der Waals surface area contributed by atoms with E-state index >= 15 is 0 Å². The summed E-state index contributed by atoms with van der Waals surface area (Å²) >= 11 is 0. The van der Waals surface area contributed by atoms with Crippen LogP contribution in [0.4, 0.5) is 0 Å². The number of nitrogens with zero attached hydrogens (tertiary/aromatic N) is 2. The first kappa shape index (κ1) is 19.2. The number of hydrogen-bond donors (Lipinski definition) is 1. The van der Waals surface area contributed by atoms with E-state index in [1.54, 1.807) is 0 Å². The van der Waals surface area contributed by atoms with Gasteiger partial charge in [0.15, 0.2) is 6.61 Å². The summed E-state index contributed by atoms with van der Waals surface area (Å²) < 4.78 is 11.1. The first-order valence-corrected chi connectivity index (χ1v) is 9.24. The quantitative estimate of drug-likeness (QED) is 0.766. The third-order valence-electron chi connectivity index (χ3n) is 4.49. The van der Waals surface area contributed by atoms with E-state index in [4.69, 9.17) is 9.47 Å². The van der Waals surface area contributed by atoms with Crippen molar-refractivity contribution >= 4 is 5.91 Å². The molecule has 1 aliphatic rings. The van der Waals surface area contributed by atoms with Crippen molar-refractivity contribution in [3.63, 3.8) is 0 Å². The SMILES string of the molecule is O=C(COc1ccccc1)N1CCN(C[C@@H](O)COc2ccccc2)CC1. The van der Waals surface area contributed by atoms with Crippen molar-refractivity contribution in [3.8, 4) is 11.5 Å². The van der Waals surface area contributed by atoms with Crippen molar-refractivity contribution in [1.82, 2.24) is 9.80 Å². The topological polar surface area (TPSA) is 62.2 Å². The van der Waals surface area contributed by atoms with Crippen LogP contribution in [-0.4, -0.2) is 72.9 Å². The number of aliphatic hydroxyl groups excluding tert-OH is 1. The van der Waals surface area contributed by atoms with E-state index < -0.39 is 6.10 Å². The molecule has 1 N–H and O–H groups in total. The lowest BCUT2D eigenvalue weighted by molar-refractivity contribution is -0.135. The van der Waals surface area contributed by atoms with Gasteiger partial charge in [-0.3, -0.25) is 9.69 Å². The van der Waals surface area contributed by atoms with Gasteiger partial charge in [0, 0.05) is 32.7 Å². The summed E-state index contributed by atoms with van der Waals surface area (Å²) in [5.74, 6) is 1.45. The molecule has 0 radical (unpaired) electrons. The van der Waals surface area contributed by atoms with Gasteiger partial charge in [0.05, 0.1) is 0 Å². The van der Waals surface area contributed by atoms with Crippen LogP contribution < -0.4 is 9.47 Å². The van der Waals surface area contributed by atoms with Crippen molar-refractivity contribution in [2.45, 2.75) is 6.10 Å². The number of rotatable bonds is 8. The van der Waals surface area contributed by atoms with Crippen LogP contribution >= 0.6 is 0 Å². The zero-order chi connectivity index (χ0) is 18.9. The van der Waals surface area contributed by atoms with Crippen LogP contribution in [0.1, 0.15) is 0 Å². The van der Waals surface area contributed by atoms with Crippen LogP contribution in [0.2, 0.25) is 0 Å². The molecule has 0 spiro atoms. The summed E-state index contributed by atoms with van der Waals surface area (Å²) in [5.41, 5.74) is 0. The van der Waals surface area contributed by atoms with E-state index in [9.17, 15) is 9.90 Å². The number of ether oxygens (including phenoxy) is 2. The zero-order valence-corrected chi connectivity index (χ0v) is 15.4. The lowest BCUT2D eigenvalue weighted by atomic mass is 10.2. The summed E-state index contributed by atoms with van der Waals surface area (Å²) in [6.07, 6.45) is -0.561. The van der Waals surface area contributed by atoms with Crippen LogP contribution in [0, 0.1) is 0 Å². The summed E-state index contributed by atoms with van der Waals surface area (Å²) in [5, 5.41) is 10.2. The minimum atomic E-state index is -0.561. The Morgan fingerprint density at radius 3 is 2.04 bits per heavy atom. The highest BCUT2D eigenvalue weighted by Crippen LogP contribution is 2.11. The Morgan fingerprint density at radius 1 is 0.889 bits per heavy atom. The third kappa shape index (κ3) is 6.27. The fourth-order valence-electron chi connectivity index (χ4n) is 2.99. The van der Waals surface area contributed by atoms with Crippen molar-refractivity contribution in [3.05, 3.63) is 60.7 Å². The van der Waals surface area contributed by atoms with Crippen LogP contribution in [0.25, 0.3) is 0 Å². The van der Waals surface area contributed by atoms with Gasteiger partial charge in [0.2, 0.25) is 0 Å². The Morgan fingerprint density at radius 2 is 1.44 bits per heavy atom. The molecule has 0 aromatic heterocycles. The molecule has 2 aromatic carbocycles. The fraction of sp³-hybridized carbons (Fsp3) is 0.381. The van der Waals surface area contributed by atoms with E-state index in [2.05, 4.69) is 4.90 Å². The highest BCUT2D eigenvalue weighted by atomic mass is 16.5. The number of amides is 1. The molecule has 0 unspecified atom stereocenters. The van der Waals surface area contributed by atoms with Gasteiger partial charge >= 0.3 is 0 Å². The molecule has 1 aliphatic heterocycles. The maximum atomic E-state index is 12.3. The molecule has 144 valence electrons. The predicted molar refractivity (Wildman–Crippen MR) is 103 cm³/mol. The molecule has 0 bridgehead atoms. The zero-order valence-electron chi connectivity index (χ0n) is 15.4. The Bertz CT molecular complexity index is 688. The molecular formula is C21H26N2O4. The normalized spacial score (nSPS) is 16.0. The first-order chi connectivity index (χ1) is 13.2. The van der Waals surface area contributed by atoms with Crippen molar-refractivity contribution in [1.29, 1.82) is 0 Å². The predicted octanol–water partition coefficient (Wildman–Crippen LogP) is 1.65. The van der Waals surface area contributed by atoms with Crippen molar-refractivity contribution in [2.75, 3.05) is 45.9 Å². The number of piperazine rings is 1. The second kappa shape index (κ2) is 9.94. The molecule has 27 heavy (non-hydrogen) atoms. The number of hydrogen-bond acceptors (Lipinski definition) is 5. The Kier molecular flexibility index (Phi) is 7.07. The van der Waals surface area contributed by atoms with Crippen LogP contribution in [0.15, 0.2) is 60.7 Å². The minimum Gasteiger partial charge on any atom is -0.491 e. The molecule has 1 amide bonds. The molecule has 6 heteroatoms. The van der Waals surface area contributed by atoms with Gasteiger partial charge < -0.3 is 19.5 Å². The maximum absolute atomic E-state index is 12.3. The molecule has 1 atom stereocenters. The Hall–Kier alpha value is -2.57. The third-order valence-corrected chi connectivity index (χ3v) is 4.49. The maximum Gasteiger partial charge on any atom is 0.260 e. The number of benzene rings is 2. The van der Waals surface area contributed by atoms with E-state index in [1.807, 2.05) is 65.6 Å². The number of β-amino-alcohol motifs (C(OH)–C–C–N with tert-alkyl or cyclic N) is 1. The van der Waals surface area contributed by atoms with Crippen LogP contribution in [0.5, 0.6) is 11.5 Å². The van der Waals surface area contributed by atoms with E-state index in [0.717, 1.165) is 18.8 Å². The monoisotopic (exact) mass is 370 g/mol. The average Bonchev–Trinajstić information content (AvgIpc) is 2.72. The van der Waals surface area contributed by atoms with Gasteiger partial charge in [-0.2, -0.15) is 0 Å². The molecular weight excluding hydrogens is 344 g/mol. The van der Waals surface area contributed by atoms with Crippen LogP contribution in [-0.2, 0) is 4.79 Å². The fourth-order valence-corrected chi connectivity index (χ4v) is 2.99. The summed E-state index contributed by atoms with van der Waals surface area (Å²) in [6.45, 7) is 3.60. The summed E-state index contributed by atoms with van der Waals surface area (Å²) in [4.78, 5) is 16.2. The molecule has 1 heterocycles. The van der Waals surface area contributed by atoms with Crippen molar-refractivity contribution in [2.24, 2.45) is 0 Å². The van der Waals surface area contributed by atoms with Gasteiger partial charge in [0.25, 0.3) is 5.91 Å². The number of para-hydroxylation sites is 2. The number of carbonyl (C=O) groups is 1. The lowest BCUT2D eigenvalue weighted by Crippen LogP contribution is -2.51. The smallest absolute Gasteiger partial charge is 0.260 e. The highest BCUT2D eigenvalue weighted by Gasteiger charge is 2.23. The lowest BCUT2D eigenvalue weighted by Gasteiger charge is -2.35. The van der Waals surface area contributed by atoms with E-state index in [-0.39, 0.29) is 19.1 Å². The standard InChI is InChI=1S/C21H26N2O4/c24-18(16-26-19-7-3-1-4-8-19)15-22-11-13-23(14-12-22)21(25)17-27-20-9-5-2-6-10-20/h1-10,18,24H,11-17H2/t18-/m1/s1. The molecule has 0 aliphatic carbocycles. The van der Waals surface area contributed by atoms with E-state index in [1.165, 1.54) is 0 Å². The summed E-state index contributed by atoms with van der Waals surface area (Å²) in [6, 6.07) is 18.8. The summed E-state index contributed by atoms with van der Waals surface area (Å²) in [7, 11) is 0. The Labute approximate surface area is 159 Å². The second-order valence-corrected chi connectivity index (χ2v) is 6.56. The first-order valence-electron chi connectivity index (χ1n) is 9.24. The van der Waals surface area contributed by atoms with Gasteiger partial charge in [-0.1, -0.05) is 36.4 Å². The van der Waals surface area contributed by atoms with Gasteiger partial charge in [0.1, 0.15) is 24.2 Å². The minimum absolute atomic E-state index is 0.00791. The highest BCUT2D eigenvalue weighted by molar-refractivity contribution is 5.77.